The summed E-state index contributed by atoms with van der Waals surface area (Å²) in [5.41, 5.74) is -0.00114. The maximum atomic E-state index is 12.8. The summed E-state index contributed by atoms with van der Waals surface area (Å²) in [4.78, 5) is 1.78. The Morgan fingerprint density at radius 3 is 2.29 bits per heavy atom. The van der Waals surface area contributed by atoms with Crippen molar-refractivity contribution >= 4 is 17.3 Å². The van der Waals surface area contributed by atoms with Gasteiger partial charge in [0.25, 0.3) is 0 Å². The van der Waals surface area contributed by atoms with Crippen LogP contribution in [0.3, 0.4) is 0 Å². The second kappa shape index (κ2) is 5.17. The molecule has 0 aromatic heterocycles. The Bertz CT molecular complexity index is 388. The van der Waals surface area contributed by atoms with E-state index in [1.54, 1.807) is 18.0 Å². The van der Waals surface area contributed by atoms with Crippen LogP contribution in [0.4, 0.5) is 18.9 Å². The summed E-state index contributed by atoms with van der Waals surface area (Å²) >= 11 is 5.52. The summed E-state index contributed by atoms with van der Waals surface area (Å²) < 4.78 is 38.4. The van der Waals surface area contributed by atoms with Gasteiger partial charge in [0.15, 0.2) is 0 Å². The quantitative estimate of drug-likeness (QED) is 0.737. The van der Waals surface area contributed by atoms with Gasteiger partial charge in [0.2, 0.25) is 0 Å². The van der Waals surface area contributed by atoms with E-state index in [-0.39, 0.29) is 17.5 Å². The van der Waals surface area contributed by atoms with Gasteiger partial charge in [-0.25, -0.2) is 0 Å². The lowest BCUT2D eigenvalue weighted by atomic mass is 10.1. The van der Waals surface area contributed by atoms with Gasteiger partial charge in [-0.15, -0.1) is 11.6 Å². The van der Waals surface area contributed by atoms with Crippen LogP contribution in [0.25, 0.3) is 0 Å². The van der Waals surface area contributed by atoms with Gasteiger partial charge in [-0.05, 0) is 31.5 Å². The molecule has 0 aliphatic carbocycles. The molecule has 96 valence electrons. The van der Waals surface area contributed by atoms with E-state index < -0.39 is 11.7 Å². The molecule has 0 spiro atoms. The van der Waals surface area contributed by atoms with E-state index in [9.17, 15) is 13.2 Å². The van der Waals surface area contributed by atoms with Crippen molar-refractivity contribution in [3.8, 4) is 0 Å². The third-order valence-corrected chi connectivity index (χ3v) is 3.01. The molecule has 0 radical (unpaired) electrons. The molecule has 0 saturated heterocycles. The zero-order valence-corrected chi connectivity index (χ0v) is 10.7. The molecule has 1 aromatic rings. The van der Waals surface area contributed by atoms with Gasteiger partial charge in [-0.2, -0.15) is 13.2 Å². The van der Waals surface area contributed by atoms with E-state index in [1.807, 2.05) is 13.8 Å². The van der Waals surface area contributed by atoms with Gasteiger partial charge in [-0.1, -0.05) is 6.07 Å². The largest absolute Gasteiger partial charge is 0.416 e. The first-order valence-corrected chi connectivity index (χ1v) is 5.79. The van der Waals surface area contributed by atoms with Crippen LogP contribution < -0.4 is 4.90 Å². The first kappa shape index (κ1) is 14.2. The number of hydrogen-bond donors (Lipinski definition) is 0. The van der Waals surface area contributed by atoms with Crippen molar-refractivity contribution < 1.29 is 13.2 Å². The zero-order chi connectivity index (χ0) is 13.2. The Balaban J connectivity index is 3.23. The molecule has 0 amide bonds. The highest BCUT2D eigenvalue weighted by atomic mass is 35.5. The smallest absolute Gasteiger partial charge is 0.372 e. The fourth-order valence-electron chi connectivity index (χ4n) is 1.46. The monoisotopic (exact) mass is 265 g/mol. The third kappa shape index (κ3) is 3.28. The van der Waals surface area contributed by atoms with Crippen molar-refractivity contribution in [1.29, 1.82) is 0 Å². The summed E-state index contributed by atoms with van der Waals surface area (Å²) in [7, 11) is 1.76. The summed E-state index contributed by atoms with van der Waals surface area (Å²) in [5.74, 6) is -0.138. The molecule has 1 aromatic carbocycles. The lowest BCUT2D eigenvalue weighted by Gasteiger charge is -2.25. The lowest BCUT2D eigenvalue weighted by molar-refractivity contribution is -0.138. The van der Waals surface area contributed by atoms with E-state index in [0.29, 0.717) is 5.69 Å². The fourth-order valence-corrected chi connectivity index (χ4v) is 1.70. The van der Waals surface area contributed by atoms with Crippen LogP contribution in [0.15, 0.2) is 18.2 Å². The van der Waals surface area contributed by atoms with Gasteiger partial charge in [0.05, 0.1) is 5.56 Å². The molecule has 0 unspecified atom stereocenters. The van der Waals surface area contributed by atoms with Crippen LogP contribution in [0, 0.1) is 0 Å². The Labute approximate surface area is 104 Å². The van der Waals surface area contributed by atoms with E-state index in [4.69, 9.17) is 11.6 Å². The molecule has 1 rings (SSSR count). The maximum absolute atomic E-state index is 12.8. The molecule has 0 atom stereocenters. The van der Waals surface area contributed by atoms with E-state index >= 15 is 0 Å². The minimum atomic E-state index is -4.36. The topological polar surface area (TPSA) is 3.24 Å². The molecule has 17 heavy (non-hydrogen) atoms. The molecule has 0 heterocycles. The molecule has 0 N–H and O–H groups in total. The maximum Gasteiger partial charge on any atom is 0.416 e. The Morgan fingerprint density at radius 2 is 1.88 bits per heavy atom. The highest BCUT2D eigenvalue weighted by Crippen LogP contribution is 2.35. The number of halogens is 4. The van der Waals surface area contributed by atoms with Crippen molar-refractivity contribution in [2.75, 3.05) is 11.9 Å². The molecule has 0 aliphatic rings. The number of anilines is 1. The molecule has 1 nitrogen and oxygen atoms in total. The summed E-state index contributed by atoms with van der Waals surface area (Å²) in [6.07, 6.45) is -4.36. The lowest BCUT2D eigenvalue weighted by Crippen LogP contribution is -2.26. The summed E-state index contributed by atoms with van der Waals surface area (Å²) in [5, 5.41) is 0. The SMILES string of the molecule is CC(C)N(C)c1ccc(CCl)c(C(F)(F)F)c1. The number of hydrogen-bond acceptors (Lipinski definition) is 1. The molecular weight excluding hydrogens is 251 g/mol. The molecule has 0 bridgehead atoms. The van der Waals surface area contributed by atoms with Crippen molar-refractivity contribution in [3.63, 3.8) is 0 Å². The Kier molecular flexibility index (Phi) is 4.31. The Morgan fingerprint density at radius 1 is 1.29 bits per heavy atom. The van der Waals surface area contributed by atoms with Crippen LogP contribution >= 0.6 is 11.6 Å². The standard InChI is InChI=1S/C12H15ClF3N/c1-8(2)17(3)10-5-4-9(7-13)11(6-10)12(14,15)16/h4-6,8H,7H2,1-3H3. The van der Waals surface area contributed by atoms with Crippen molar-refractivity contribution in [2.45, 2.75) is 31.9 Å². The van der Waals surface area contributed by atoms with E-state index in [0.717, 1.165) is 6.07 Å². The summed E-state index contributed by atoms with van der Waals surface area (Å²) in [6, 6.07) is 4.38. The molecule has 0 saturated carbocycles. The summed E-state index contributed by atoms with van der Waals surface area (Å²) in [6.45, 7) is 3.84. The van der Waals surface area contributed by atoms with Crippen LogP contribution in [0.5, 0.6) is 0 Å². The fraction of sp³-hybridized carbons (Fsp3) is 0.500. The van der Waals surface area contributed by atoms with E-state index in [2.05, 4.69) is 0 Å². The van der Waals surface area contributed by atoms with Gasteiger partial charge < -0.3 is 4.90 Å². The van der Waals surface area contributed by atoms with Crippen LogP contribution in [0.1, 0.15) is 25.0 Å². The van der Waals surface area contributed by atoms with Crippen LogP contribution in [-0.2, 0) is 12.1 Å². The molecule has 0 fully saturated rings. The predicted molar refractivity (Wildman–Crippen MR) is 64.5 cm³/mol. The van der Waals surface area contributed by atoms with Gasteiger partial charge >= 0.3 is 6.18 Å². The van der Waals surface area contributed by atoms with Gasteiger partial charge in [-0.3, -0.25) is 0 Å². The second-order valence-electron chi connectivity index (χ2n) is 4.18. The average molecular weight is 266 g/mol. The van der Waals surface area contributed by atoms with Crippen LogP contribution in [-0.4, -0.2) is 13.1 Å². The van der Waals surface area contributed by atoms with Crippen LogP contribution in [0.2, 0.25) is 0 Å². The number of benzene rings is 1. The third-order valence-electron chi connectivity index (χ3n) is 2.72. The molecular formula is C12H15ClF3N. The van der Waals surface area contributed by atoms with E-state index in [1.165, 1.54) is 6.07 Å². The van der Waals surface area contributed by atoms with Crippen molar-refractivity contribution in [3.05, 3.63) is 29.3 Å². The minimum Gasteiger partial charge on any atom is -0.372 e. The Hall–Kier alpha value is -0.900. The molecule has 0 aliphatic heterocycles. The van der Waals surface area contributed by atoms with Crippen molar-refractivity contribution in [2.24, 2.45) is 0 Å². The predicted octanol–water partition coefficient (Wildman–Crippen LogP) is 4.29. The number of nitrogens with zero attached hydrogens (tertiary/aromatic N) is 1. The second-order valence-corrected chi connectivity index (χ2v) is 4.44. The van der Waals surface area contributed by atoms with Gasteiger partial charge in [0.1, 0.15) is 0 Å². The zero-order valence-electron chi connectivity index (χ0n) is 9.98. The molecule has 5 heteroatoms. The van der Waals surface area contributed by atoms with Crippen molar-refractivity contribution in [1.82, 2.24) is 0 Å². The first-order chi connectivity index (χ1) is 7.77. The number of alkyl halides is 4. The number of rotatable bonds is 3. The highest BCUT2D eigenvalue weighted by molar-refractivity contribution is 6.17. The first-order valence-electron chi connectivity index (χ1n) is 5.26. The average Bonchev–Trinajstić information content (AvgIpc) is 2.25. The highest BCUT2D eigenvalue weighted by Gasteiger charge is 2.33. The van der Waals surface area contributed by atoms with Gasteiger partial charge in [0, 0.05) is 24.7 Å². The minimum absolute atomic E-state index is 0.111. The normalized spacial score (nSPS) is 12.0.